The zero-order chi connectivity index (χ0) is 17.3. The van der Waals surface area contributed by atoms with E-state index in [1.54, 1.807) is 36.2 Å². The van der Waals surface area contributed by atoms with E-state index < -0.39 is 10.0 Å². The van der Waals surface area contributed by atoms with Gasteiger partial charge in [-0.1, -0.05) is 17.7 Å². The summed E-state index contributed by atoms with van der Waals surface area (Å²) in [5.41, 5.74) is 1.13. The van der Waals surface area contributed by atoms with Crippen LogP contribution in [-0.2, 0) is 10.0 Å². The second kappa shape index (κ2) is 6.66. The Morgan fingerprint density at radius 2 is 1.92 bits per heavy atom. The molecule has 0 atom stereocenters. The number of hydrogen-bond acceptors (Lipinski definition) is 4. The number of halogens is 1. The number of rotatable bonds is 3. The molecule has 2 heterocycles. The van der Waals surface area contributed by atoms with Crippen molar-refractivity contribution in [1.82, 2.24) is 14.2 Å². The lowest BCUT2D eigenvalue weighted by Gasteiger charge is -2.34. The van der Waals surface area contributed by atoms with Crippen molar-refractivity contribution in [2.45, 2.75) is 6.92 Å². The molecule has 0 aliphatic carbocycles. The van der Waals surface area contributed by atoms with Gasteiger partial charge in [-0.15, -0.1) is 0 Å². The van der Waals surface area contributed by atoms with E-state index in [-0.39, 0.29) is 11.7 Å². The molecule has 1 aromatic carbocycles. The summed E-state index contributed by atoms with van der Waals surface area (Å²) in [4.78, 5) is 18.8. The molecular weight excluding hydrogens is 350 g/mol. The van der Waals surface area contributed by atoms with E-state index in [1.807, 2.05) is 6.07 Å². The average Bonchev–Trinajstić information content (AvgIpc) is 2.61. The van der Waals surface area contributed by atoms with Crippen LogP contribution in [0.1, 0.15) is 17.3 Å². The minimum atomic E-state index is -3.22. The highest BCUT2D eigenvalue weighted by Gasteiger charge is 2.29. The van der Waals surface area contributed by atoms with Crippen LogP contribution in [0.25, 0.3) is 10.9 Å². The fourth-order valence-electron chi connectivity index (χ4n) is 2.85. The summed E-state index contributed by atoms with van der Waals surface area (Å²) in [5, 5.41) is 1.09. The van der Waals surface area contributed by atoms with E-state index in [0.717, 1.165) is 0 Å². The van der Waals surface area contributed by atoms with Crippen LogP contribution in [-0.4, -0.2) is 60.4 Å². The summed E-state index contributed by atoms with van der Waals surface area (Å²) in [6.07, 6.45) is 1.67. The normalized spacial score (nSPS) is 16.5. The number of piperazine rings is 1. The number of amides is 1. The molecular formula is C16H18ClN3O3S. The molecule has 128 valence electrons. The number of sulfonamides is 1. The topological polar surface area (TPSA) is 70.6 Å². The van der Waals surface area contributed by atoms with Crippen molar-refractivity contribution in [3.8, 4) is 0 Å². The quantitative estimate of drug-likeness (QED) is 0.831. The molecule has 1 aliphatic rings. The van der Waals surface area contributed by atoms with Crippen LogP contribution in [0.4, 0.5) is 0 Å². The molecule has 1 aromatic heterocycles. The van der Waals surface area contributed by atoms with Crippen LogP contribution in [0, 0.1) is 0 Å². The van der Waals surface area contributed by atoms with Gasteiger partial charge < -0.3 is 4.90 Å². The first-order valence-electron chi connectivity index (χ1n) is 7.74. The molecule has 0 spiro atoms. The Bertz CT molecular complexity index is 877. The highest BCUT2D eigenvalue weighted by atomic mass is 35.5. The van der Waals surface area contributed by atoms with Crippen molar-refractivity contribution in [2.75, 3.05) is 31.9 Å². The Morgan fingerprint density at radius 1 is 1.21 bits per heavy atom. The molecule has 3 rings (SSSR count). The van der Waals surface area contributed by atoms with Gasteiger partial charge >= 0.3 is 0 Å². The van der Waals surface area contributed by atoms with E-state index in [9.17, 15) is 13.2 Å². The van der Waals surface area contributed by atoms with Gasteiger partial charge in [-0.25, -0.2) is 8.42 Å². The van der Waals surface area contributed by atoms with Crippen molar-refractivity contribution in [3.05, 3.63) is 41.0 Å². The number of carbonyl (C=O) groups excluding carboxylic acids is 1. The molecule has 8 heteroatoms. The number of fused-ring (bicyclic) bond motifs is 1. The predicted octanol–water partition coefficient (Wildman–Crippen LogP) is 2.00. The molecule has 0 N–H and O–H groups in total. The SMILES string of the molecule is CCS(=O)(=O)N1CCN(C(=O)c2c(Cl)ccc3ncccc23)CC1. The lowest BCUT2D eigenvalue weighted by atomic mass is 10.1. The second-order valence-electron chi connectivity index (χ2n) is 5.58. The van der Waals surface area contributed by atoms with E-state index in [4.69, 9.17) is 11.6 Å². The van der Waals surface area contributed by atoms with Crippen LogP contribution in [0.5, 0.6) is 0 Å². The number of benzene rings is 1. The van der Waals surface area contributed by atoms with Crippen LogP contribution < -0.4 is 0 Å². The van der Waals surface area contributed by atoms with Crippen LogP contribution in [0.2, 0.25) is 5.02 Å². The molecule has 0 radical (unpaired) electrons. The standard InChI is InChI=1S/C16H18ClN3O3S/c1-2-24(22,23)20-10-8-19(9-11-20)16(21)15-12-4-3-7-18-14(12)6-5-13(15)17/h3-7H,2,8-11H2,1H3. The summed E-state index contributed by atoms with van der Waals surface area (Å²) < 4.78 is 25.3. The van der Waals surface area contributed by atoms with E-state index >= 15 is 0 Å². The van der Waals surface area contributed by atoms with Crippen LogP contribution >= 0.6 is 11.6 Å². The van der Waals surface area contributed by atoms with Crippen molar-refractivity contribution in [2.24, 2.45) is 0 Å². The molecule has 2 aromatic rings. The predicted molar refractivity (Wildman–Crippen MR) is 93.7 cm³/mol. The van der Waals surface area contributed by atoms with Crippen LogP contribution in [0.15, 0.2) is 30.5 Å². The van der Waals surface area contributed by atoms with Gasteiger partial charge in [0, 0.05) is 37.8 Å². The van der Waals surface area contributed by atoms with Crippen molar-refractivity contribution >= 4 is 38.4 Å². The largest absolute Gasteiger partial charge is 0.336 e. The maximum Gasteiger partial charge on any atom is 0.256 e. The monoisotopic (exact) mass is 367 g/mol. The Hall–Kier alpha value is -1.70. The van der Waals surface area contributed by atoms with Crippen LogP contribution in [0.3, 0.4) is 0 Å². The zero-order valence-electron chi connectivity index (χ0n) is 13.3. The minimum Gasteiger partial charge on any atom is -0.336 e. The molecule has 0 saturated carbocycles. The Kier molecular flexibility index (Phi) is 4.76. The number of aromatic nitrogens is 1. The first-order chi connectivity index (χ1) is 11.4. The van der Waals surface area contributed by atoms with Gasteiger partial charge in [0.25, 0.3) is 5.91 Å². The van der Waals surface area contributed by atoms with Gasteiger partial charge in [-0.2, -0.15) is 4.31 Å². The zero-order valence-corrected chi connectivity index (χ0v) is 14.8. The summed E-state index contributed by atoms with van der Waals surface area (Å²) in [7, 11) is -3.22. The van der Waals surface area contributed by atoms with E-state index in [0.29, 0.717) is 47.7 Å². The third kappa shape index (κ3) is 3.11. The minimum absolute atomic E-state index is 0.0712. The lowest BCUT2D eigenvalue weighted by Crippen LogP contribution is -2.50. The molecule has 1 fully saturated rings. The smallest absolute Gasteiger partial charge is 0.256 e. The molecule has 1 aliphatic heterocycles. The van der Waals surface area contributed by atoms with Crippen molar-refractivity contribution in [3.63, 3.8) is 0 Å². The third-order valence-corrected chi connectivity index (χ3v) is 6.43. The van der Waals surface area contributed by atoms with Gasteiger partial charge in [0.05, 0.1) is 21.9 Å². The first-order valence-corrected chi connectivity index (χ1v) is 9.73. The second-order valence-corrected chi connectivity index (χ2v) is 8.25. The highest BCUT2D eigenvalue weighted by molar-refractivity contribution is 7.89. The summed E-state index contributed by atoms with van der Waals surface area (Å²) >= 11 is 6.26. The fourth-order valence-corrected chi connectivity index (χ4v) is 4.18. The van der Waals surface area contributed by atoms with Gasteiger partial charge in [-0.3, -0.25) is 9.78 Å². The average molecular weight is 368 g/mol. The Balaban J connectivity index is 1.86. The molecule has 0 unspecified atom stereocenters. The highest BCUT2D eigenvalue weighted by Crippen LogP contribution is 2.26. The lowest BCUT2D eigenvalue weighted by molar-refractivity contribution is 0.0700. The van der Waals surface area contributed by atoms with Gasteiger partial charge in [0.2, 0.25) is 10.0 Å². The number of nitrogens with zero attached hydrogens (tertiary/aromatic N) is 3. The number of carbonyl (C=O) groups is 1. The maximum absolute atomic E-state index is 12.9. The Labute approximate surface area is 146 Å². The van der Waals surface area contributed by atoms with Gasteiger partial charge in [0.1, 0.15) is 0 Å². The number of hydrogen-bond donors (Lipinski definition) is 0. The molecule has 1 saturated heterocycles. The molecule has 6 nitrogen and oxygen atoms in total. The van der Waals surface area contributed by atoms with Crippen molar-refractivity contribution < 1.29 is 13.2 Å². The summed E-state index contributed by atoms with van der Waals surface area (Å²) in [6, 6.07) is 7.03. The van der Waals surface area contributed by atoms with Gasteiger partial charge in [-0.05, 0) is 25.1 Å². The maximum atomic E-state index is 12.9. The van der Waals surface area contributed by atoms with Gasteiger partial charge in [0.15, 0.2) is 0 Å². The van der Waals surface area contributed by atoms with Crippen molar-refractivity contribution in [1.29, 1.82) is 0 Å². The molecule has 1 amide bonds. The van der Waals surface area contributed by atoms with E-state index in [1.165, 1.54) is 4.31 Å². The Morgan fingerprint density at radius 3 is 2.58 bits per heavy atom. The third-order valence-electron chi connectivity index (χ3n) is 4.23. The van der Waals surface area contributed by atoms with E-state index in [2.05, 4.69) is 4.98 Å². The summed E-state index contributed by atoms with van der Waals surface area (Å²) in [5.74, 6) is -0.117. The molecule has 0 bridgehead atoms. The number of pyridine rings is 1. The summed E-state index contributed by atoms with van der Waals surface area (Å²) in [6.45, 7) is 2.94. The first kappa shape index (κ1) is 17.1. The molecule has 24 heavy (non-hydrogen) atoms. The fraction of sp³-hybridized carbons (Fsp3) is 0.375.